The van der Waals surface area contributed by atoms with E-state index in [0.29, 0.717) is 11.6 Å². The van der Waals surface area contributed by atoms with Gasteiger partial charge < -0.3 is 20.9 Å². The van der Waals surface area contributed by atoms with Gasteiger partial charge in [0.2, 0.25) is 5.95 Å². The van der Waals surface area contributed by atoms with Gasteiger partial charge in [0, 0.05) is 0 Å². The molecule has 0 amide bonds. The Morgan fingerprint density at radius 2 is 2.19 bits per heavy atom. The number of nitrogen functional groups attached to an aromatic ring is 1. The second kappa shape index (κ2) is 7.08. The van der Waals surface area contributed by atoms with E-state index >= 15 is 0 Å². The molecule has 0 unspecified atom stereocenters. The molecule has 0 bridgehead atoms. The second-order valence-corrected chi connectivity index (χ2v) is 4.95. The van der Waals surface area contributed by atoms with Crippen molar-refractivity contribution >= 4 is 22.7 Å². The number of nitrogens with zero attached hydrogens (tertiary/aromatic N) is 2. The molecule has 114 valence electrons. The Bertz CT molecular complexity index is 603. The summed E-state index contributed by atoms with van der Waals surface area (Å²) in [5, 5.41) is 13.6. The normalized spacial score (nSPS) is 12.3. The van der Waals surface area contributed by atoms with Crippen molar-refractivity contribution in [1.29, 1.82) is 0 Å². The smallest absolute Gasteiger partial charge is 0.222 e. The van der Waals surface area contributed by atoms with Gasteiger partial charge in [0.1, 0.15) is 11.6 Å². The molecule has 1 aromatic carbocycles. The molecule has 0 radical (unpaired) electrons. The van der Waals surface area contributed by atoms with Gasteiger partial charge in [0.15, 0.2) is 0 Å². The van der Waals surface area contributed by atoms with Crippen molar-refractivity contribution in [1.82, 2.24) is 9.97 Å². The average Bonchev–Trinajstić information content (AvgIpc) is 2.50. The highest BCUT2D eigenvalue weighted by Gasteiger charge is 2.14. The summed E-state index contributed by atoms with van der Waals surface area (Å²) >= 11 is 0. The number of nitrogens with one attached hydrogen (secondary N) is 1. The van der Waals surface area contributed by atoms with Crippen LogP contribution in [0.15, 0.2) is 18.2 Å². The van der Waals surface area contributed by atoms with Crippen LogP contribution in [-0.2, 0) is 0 Å². The minimum Gasteiger partial charge on any atom is -0.496 e. The fourth-order valence-corrected chi connectivity index (χ4v) is 2.30. The summed E-state index contributed by atoms with van der Waals surface area (Å²) in [5.41, 5.74) is 6.49. The van der Waals surface area contributed by atoms with E-state index in [2.05, 4.69) is 22.2 Å². The van der Waals surface area contributed by atoms with E-state index in [4.69, 9.17) is 10.5 Å². The van der Waals surface area contributed by atoms with E-state index in [1.807, 2.05) is 18.2 Å². The van der Waals surface area contributed by atoms with Crippen LogP contribution < -0.4 is 15.8 Å². The Hall–Kier alpha value is -2.08. The first kappa shape index (κ1) is 15.3. The highest BCUT2D eigenvalue weighted by atomic mass is 16.5. The van der Waals surface area contributed by atoms with Crippen LogP contribution >= 0.6 is 0 Å². The van der Waals surface area contributed by atoms with Crippen LogP contribution in [0, 0.1) is 0 Å². The molecule has 2 rings (SSSR count). The number of nitrogens with two attached hydrogens (primary N) is 1. The number of hydrogen-bond donors (Lipinski definition) is 3. The number of benzene rings is 1. The van der Waals surface area contributed by atoms with Crippen molar-refractivity contribution in [3.63, 3.8) is 0 Å². The number of unbranched alkanes of at least 4 members (excludes halogenated alkanes) is 1. The lowest BCUT2D eigenvalue weighted by atomic mass is 10.1. The lowest BCUT2D eigenvalue weighted by molar-refractivity contribution is 0.267. The maximum absolute atomic E-state index is 9.51. The Balaban J connectivity index is 2.41. The van der Waals surface area contributed by atoms with Crippen LogP contribution in [0.1, 0.15) is 26.2 Å². The molecule has 0 aliphatic rings. The fraction of sp³-hybridized carbons (Fsp3) is 0.467. The summed E-state index contributed by atoms with van der Waals surface area (Å²) in [4.78, 5) is 8.49. The number of anilines is 2. The van der Waals surface area contributed by atoms with Crippen LogP contribution in [0.2, 0.25) is 0 Å². The number of ether oxygens (including phenoxy) is 1. The van der Waals surface area contributed by atoms with Gasteiger partial charge in [-0.25, -0.2) is 4.98 Å². The molecule has 4 N–H and O–H groups in total. The van der Waals surface area contributed by atoms with E-state index in [1.54, 1.807) is 7.11 Å². The van der Waals surface area contributed by atoms with Gasteiger partial charge in [-0.2, -0.15) is 4.98 Å². The zero-order valence-corrected chi connectivity index (χ0v) is 12.5. The number of aromatic nitrogens is 2. The lowest BCUT2D eigenvalue weighted by Gasteiger charge is -2.18. The summed E-state index contributed by atoms with van der Waals surface area (Å²) < 4.78 is 5.38. The van der Waals surface area contributed by atoms with Gasteiger partial charge >= 0.3 is 0 Å². The molecule has 0 spiro atoms. The van der Waals surface area contributed by atoms with Crippen molar-refractivity contribution in [2.45, 2.75) is 32.2 Å². The third-order valence-corrected chi connectivity index (χ3v) is 3.39. The summed E-state index contributed by atoms with van der Waals surface area (Å²) in [6.45, 7) is 2.16. The molecule has 0 saturated heterocycles. The zero-order valence-electron chi connectivity index (χ0n) is 12.5. The van der Waals surface area contributed by atoms with E-state index in [0.717, 1.165) is 30.2 Å². The zero-order chi connectivity index (χ0) is 15.2. The Labute approximate surface area is 124 Å². The van der Waals surface area contributed by atoms with E-state index in [1.165, 1.54) is 0 Å². The topological polar surface area (TPSA) is 93.3 Å². The third kappa shape index (κ3) is 3.52. The molecule has 6 heteroatoms. The molecule has 6 nitrogen and oxygen atoms in total. The molecule has 2 aromatic rings. The molecule has 1 atom stereocenters. The Kier molecular flexibility index (Phi) is 5.16. The molecule has 0 aliphatic heterocycles. The summed E-state index contributed by atoms with van der Waals surface area (Å²) in [5.74, 6) is 1.48. The van der Waals surface area contributed by atoms with Crippen molar-refractivity contribution in [2.75, 3.05) is 24.8 Å². The quantitative estimate of drug-likeness (QED) is 0.723. The molecule has 0 fully saturated rings. The van der Waals surface area contributed by atoms with E-state index in [9.17, 15) is 5.11 Å². The average molecular weight is 290 g/mol. The van der Waals surface area contributed by atoms with Crippen LogP contribution in [0.25, 0.3) is 10.9 Å². The number of fused-ring (bicyclic) bond motifs is 1. The van der Waals surface area contributed by atoms with Crippen LogP contribution in [0.5, 0.6) is 5.75 Å². The number of aliphatic hydroxyl groups excluding tert-OH is 1. The highest BCUT2D eigenvalue weighted by Crippen LogP contribution is 2.31. The fourth-order valence-electron chi connectivity index (χ4n) is 2.30. The van der Waals surface area contributed by atoms with Gasteiger partial charge in [0.25, 0.3) is 0 Å². The van der Waals surface area contributed by atoms with Crippen molar-refractivity contribution in [2.24, 2.45) is 0 Å². The number of methoxy groups -OCH3 is 1. The number of aliphatic hydroxyl groups is 1. The lowest BCUT2D eigenvalue weighted by Crippen LogP contribution is -2.24. The predicted octanol–water partition coefficient (Wildman–Crippen LogP) is 2.18. The maximum atomic E-state index is 9.51. The van der Waals surface area contributed by atoms with Gasteiger partial charge in [-0.1, -0.05) is 25.8 Å². The minimum absolute atomic E-state index is 0.0422. The molecular formula is C15H22N4O2. The highest BCUT2D eigenvalue weighted by molar-refractivity contribution is 5.95. The maximum Gasteiger partial charge on any atom is 0.222 e. The van der Waals surface area contributed by atoms with E-state index in [-0.39, 0.29) is 18.6 Å². The summed E-state index contributed by atoms with van der Waals surface area (Å²) in [6, 6.07) is 5.51. The standard InChI is InChI=1S/C15H22N4O2/c1-3-4-6-10(9-20)17-14-13-11(18-15(16)19-14)7-5-8-12(13)21-2/h5,7-8,10,20H,3-4,6,9H2,1-2H3,(H3,16,17,18,19)/t10-/m1/s1. The van der Waals surface area contributed by atoms with Crippen LogP contribution in [0.4, 0.5) is 11.8 Å². The third-order valence-electron chi connectivity index (χ3n) is 3.39. The van der Waals surface area contributed by atoms with Crippen molar-refractivity contribution in [3.05, 3.63) is 18.2 Å². The minimum atomic E-state index is -0.0626. The monoisotopic (exact) mass is 290 g/mol. The molecule has 21 heavy (non-hydrogen) atoms. The van der Waals surface area contributed by atoms with Crippen molar-refractivity contribution < 1.29 is 9.84 Å². The SMILES string of the molecule is CCCC[C@H](CO)Nc1nc(N)nc2cccc(OC)c12. The van der Waals surface area contributed by atoms with Crippen LogP contribution in [0.3, 0.4) is 0 Å². The Morgan fingerprint density at radius 1 is 1.38 bits per heavy atom. The van der Waals surface area contributed by atoms with E-state index < -0.39 is 0 Å². The first-order valence-electron chi connectivity index (χ1n) is 7.17. The van der Waals surface area contributed by atoms with Gasteiger partial charge in [-0.15, -0.1) is 0 Å². The van der Waals surface area contributed by atoms with Gasteiger partial charge in [-0.05, 0) is 18.6 Å². The molecule has 1 heterocycles. The molecule has 0 saturated carbocycles. The molecular weight excluding hydrogens is 268 g/mol. The van der Waals surface area contributed by atoms with Gasteiger partial charge in [0.05, 0.1) is 30.7 Å². The van der Waals surface area contributed by atoms with Crippen LogP contribution in [-0.4, -0.2) is 34.8 Å². The first-order chi connectivity index (χ1) is 10.2. The van der Waals surface area contributed by atoms with Gasteiger partial charge in [-0.3, -0.25) is 0 Å². The van der Waals surface area contributed by atoms with Crippen molar-refractivity contribution in [3.8, 4) is 5.75 Å². The molecule has 0 aliphatic carbocycles. The number of hydrogen-bond acceptors (Lipinski definition) is 6. The summed E-state index contributed by atoms with van der Waals surface area (Å²) in [7, 11) is 1.61. The Morgan fingerprint density at radius 3 is 2.86 bits per heavy atom. The predicted molar refractivity (Wildman–Crippen MR) is 84.5 cm³/mol. The summed E-state index contributed by atoms with van der Waals surface area (Å²) in [6.07, 6.45) is 2.98. The second-order valence-electron chi connectivity index (χ2n) is 4.95. The molecule has 1 aromatic heterocycles. The first-order valence-corrected chi connectivity index (χ1v) is 7.17. The largest absolute Gasteiger partial charge is 0.496 e. The number of rotatable bonds is 7.